The molecule has 0 N–H and O–H groups in total. The number of halogens is 3. The van der Waals surface area contributed by atoms with Crippen LogP contribution in [-0.4, -0.2) is 0 Å². The molecule has 1 aliphatic rings. The van der Waals surface area contributed by atoms with Gasteiger partial charge in [0.1, 0.15) is 0 Å². The second-order valence-electron chi connectivity index (χ2n) is 4.20. The Morgan fingerprint density at radius 2 is 1.76 bits per heavy atom. The Hall–Kier alpha value is 0.713. The SMILES string of the molecule is CC1=C(C)[CH]([Zr+2])c2c(C)ccc(CCl)c21.[Cl-].[Cl-]. The summed E-state index contributed by atoms with van der Waals surface area (Å²) in [6, 6.07) is 4.38. The van der Waals surface area contributed by atoms with Crippen molar-refractivity contribution in [3.63, 3.8) is 0 Å². The summed E-state index contributed by atoms with van der Waals surface area (Å²) in [6.45, 7) is 6.69. The van der Waals surface area contributed by atoms with Crippen LogP contribution >= 0.6 is 11.6 Å². The Bertz CT molecular complexity index is 452. The fourth-order valence-electron chi connectivity index (χ4n) is 2.33. The van der Waals surface area contributed by atoms with Crippen molar-refractivity contribution in [2.45, 2.75) is 30.3 Å². The van der Waals surface area contributed by atoms with Gasteiger partial charge < -0.3 is 24.8 Å². The first-order valence-electron chi connectivity index (χ1n) is 5.15. The third-order valence-electron chi connectivity index (χ3n) is 3.38. The minimum atomic E-state index is 0. The molecule has 0 spiro atoms. The average Bonchev–Trinajstić information content (AvgIpc) is 2.46. The van der Waals surface area contributed by atoms with Crippen LogP contribution in [0.3, 0.4) is 0 Å². The molecule has 0 saturated heterocycles. The average molecular weight is 368 g/mol. The van der Waals surface area contributed by atoms with E-state index in [1.807, 2.05) is 0 Å². The van der Waals surface area contributed by atoms with Gasteiger partial charge in [-0.2, -0.15) is 0 Å². The molecule has 1 aliphatic carbocycles. The summed E-state index contributed by atoms with van der Waals surface area (Å²) in [6.07, 6.45) is 0. The Labute approximate surface area is 136 Å². The van der Waals surface area contributed by atoms with Gasteiger partial charge >= 0.3 is 112 Å². The molecule has 17 heavy (non-hydrogen) atoms. The van der Waals surface area contributed by atoms with Crippen LogP contribution in [0.4, 0.5) is 0 Å². The summed E-state index contributed by atoms with van der Waals surface area (Å²) in [5.41, 5.74) is 8.65. The maximum Gasteiger partial charge on any atom is -1.00 e. The molecule has 2 rings (SSSR count). The summed E-state index contributed by atoms with van der Waals surface area (Å²) in [7, 11) is 0. The Morgan fingerprint density at radius 3 is 2.29 bits per heavy atom. The van der Waals surface area contributed by atoms with Gasteiger partial charge in [-0.1, -0.05) is 0 Å². The molecule has 0 fully saturated rings. The summed E-state index contributed by atoms with van der Waals surface area (Å²) in [4.78, 5) is 0. The molecule has 4 heteroatoms. The minimum Gasteiger partial charge on any atom is -1.00 e. The summed E-state index contributed by atoms with van der Waals surface area (Å²) < 4.78 is 0.648. The first-order chi connectivity index (χ1) is 7.07. The van der Waals surface area contributed by atoms with Crippen LogP contribution in [-0.2, 0) is 30.6 Å². The van der Waals surface area contributed by atoms with Crippen LogP contribution < -0.4 is 24.8 Å². The number of hydrogen-bond donors (Lipinski definition) is 0. The van der Waals surface area contributed by atoms with E-state index in [1.54, 1.807) is 24.7 Å². The first-order valence-corrected chi connectivity index (χ1v) is 7.10. The molecule has 0 radical (unpaired) electrons. The van der Waals surface area contributed by atoms with Crippen molar-refractivity contribution in [3.8, 4) is 0 Å². The number of hydrogen-bond acceptors (Lipinski definition) is 0. The molecule has 91 valence electrons. The fourth-order valence-corrected chi connectivity index (χ4v) is 3.99. The van der Waals surface area contributed by atoms with Gasteiger partial charge in [-0.3, -0.25) is 0 Å². The first kappa shape index (κ1) is 17.7. The van der Waals surface area contributed by atoms with Crippen molar-refractivity contribution in [1.82, 2.24) is 0 Å². The van der Waals surface area contributed by atoms with E-state index in [4.69, 9.17) is 11.6 Å². The van der Waals surface area contributed by atoms with Crippen LogP contribution in [0.15, 0.2) is 17.7 Å². The van der Waals surface area contributed by atoms with Crippen molar-refractivity contribution in [3.05, 3.63) is 40.0 Å². The predicted molar refractivity (Wildman–Crippen MR) is 61.7 cm³/mol. The van der Waals surface area contributed by atoms with Gasteiger partial charge in [0.25, 0.3) is 0 Å². The van der Waals surface area contributed by atoms with Gasteiger partial charge in [-0.25, -0.2) is 0 Å². The van der Waals surface area contributed by atoms with E-state index in [0.717, 1.165) is 0 Å². The Kier molecular flexibility index (Phi) is 7.04. The van der Waals surface area contributed by atoms with Gasteiger partial charge in [0, 0.05) is 0 Å². The molecule has 1 aromatic carbocycles. The van der Waals surface area contributed by atoms with E-state index >= 15 is 0 Å². The third kappa shape index (κ3) is 2.84. The normalized spacial score (nSPS) is 17.4. The molecule has 0 nitrogen and oxygen atoms in total. The second kappa shape index (κ2) is 6.76. The molecule has 0 bridgehead atoms. The van der Waals surface area contributed by atoms with E-state index in [2.05, 4.69) is 32.9 Å². The Morgan fingerprint density at radius 1 is 1.18 bits per heavy atom. The topological polar surface area (TPSA) is 0 Å². The maximum atomic E-state index is 6.01. The number of allylic oxidation sites excluding steroid dienone is 2. The standard InChI is InChI=1S/C13H14Cl.2ClH.Zr/c1-8-4-5-11(7-14)13-10(3)9(2)6-12(8)13;;;/h4-6H,7H2,1-3H3;2*1H;/q;;;+2/p-2. The number of benzene rings is 1. The van der Waals surface area contributed by atoms with Crippen molar-refractivity contribution in [1.29, 1.82) is 0 Å². The summed E-state index contributed by atoms with van der Waals surface area (Å²) in [5.74, 6) is 0.621. The fraction of sp³-hybridized carbons (Fsp3) is 0.385. The van der Waals surface area contributed by atoms with Gasteiger partial charge in [-0.15, -0.1) is 0 Å². The number of alkyl halides is 1. The molecule has 1 aromatic rings. The zero-order valence-corrected chi connectivity index (χ0v) is 14.8. The van der Waals surface area contributed by atoms with Gasteiger partial charge in [0.2, 0.25) is 0 Å². The molecule has 0 aliphatic heterocycles. The van der Waals surface area contributed by atoms with E-state index in [1.165, 1.54) is 33.4 Å². The second-order valence-corrected chi connectivity index (χ2v) is 5.89. The molecule has 0 aromatic heterocycles. The van der Waals surface area contributed by atoms with Gasteiger partial charge in [-0.05, 0) is 0 Å². The van der Waals surface area contributed by atoms with Crippen molar-refractivity contribution < 1.29 is 49.5 Å². The monoisotopic (exact) mass is 365 g/mol. The van der Waals surface area contributed by atoms with Crippen LogP contribution in [0, 0.1) is 6.92 Å². The quantitative estimate of drug-likeness (QED) is 0.511. The smallest absolute Gasteiger partial charge is 1.00 e. The van der Waals surface area contributed by atoms with Crippen LogP contribution in [0.5, 0.6) is 0 Å². The molecule has 1 unspecified atom stereocenters. The van der Waals surface area contributed by atoms with E-state index in [0.29, 0.717) is 9.51 Å². The van der Waals surface area contributed by atoms with Crippen LogP contribution in [0.25, 0.3) is 5.57 Å². The third-order valence-corrected chi connectivity index (χ3v) is 5.44. The van der Waals surface area contributed by atoms with Crippen molar-refractivity contribution >= 4 is 17.2 Å². The molecular weight excluding hydrogens is 354 g/mol. The van der Waals surface area contributed by atoms with Crippen molar-refractivity contribution in [2.24, 2.45) is 0 Å². The number of aryl methyl sites for hydroxylation is 1. The maximum absolute atomic E-state index is 6.01. The summed E-state index contributed by atoms with van der Waals surface area (Å²) in [5, 5.41) is 0. The predicted octanol–water partition coefficient (Wildman–Crippen LogP) is -1.86. The molecule has 0 heterocycles. The summed E-state index contributed by atoms with van der Waals surface area (Å²) >= 11 is 7.59. The zero-order chi connectivity index (χ0) is 11.2. The number of fused-ring (bicyclic) bond motifs is 1. The van der Waals surface area contributed by atoms with Gasteiger partial charge in [0.15, 0.2) is 0 Å². The minimum absolute atomic E-state index is 0. The zero-order valence-electron chi connectivity index (χ0n) is 10.1. The van der Waals surface area contributed by atoms with Crippen molar-refractivity contribution in [2.75, 3.05) is 0 Å². The van der Waals surface area contributed by atoms with Gasteiger partial charge in [0.05, 0.1) is 0 Å². The number of rotatable bonds is 1. The molecule has 0 amide bonds. The molecule has 0 saturated carbocycles. The van der Waals surface area contributed by atoms with E-state index < -0.39 is 0 Å². The Balaban J connectivity index is 0.00000128. The van der Waals surface area contributed by atoms with E-state index in [9.17, 15) is 0 Å². The van der Waals surface area contributed by atoms with Crippen LogP contribution in [0.2, 0.25) is 0 Å². The molecular formula is C13H14Cl3Zr. The largest absolute Gasteiger partial charge is 1.00 e. The molecule has 1 atom stereocenters. The van der Waals surface area contributed by atoms with Crippen LogP contribution in [0.1, 0.15) is 39.7 Å². The van der Waals surface area contributed by atoms with E-state index in [-0.39, 0.29) is 24.8 Å².